The van der Waals surface area contributed by atoms with Crippen molar-refractivity contribution in [2.45, 2.75) is 6.42 Å². The maximum atomic E-state index is 12.3. The average Bonchev–Trinajstić information content (AvgIpc) is 2.45. The third-order valence-corrected chi connectivity index (χ3v) is 5.44. The van der Waals surface area contributed by atoms with Crippen LogP contribution in [0, 0.1) is 0 Å². The summed E-state index contributed by atoms with van der Waals surface area (Å²) in [4.78, 5) is 0. The molecule has 15 heavy (non-hydrogen) atoms. The van der Waals surface area contributed by atoms with Crippen LogP contribution in [0.4, 0.5) is 13.2 Å². The van der Waals surface area contributed by atoms with Gasteiger partial charge in [-0.1, -0.05) is 23.5 Å². The van der Waals surface area contributed by atoms with Gasteiger partial charge in [-0.15, -0.1) is 4.40 Å². The van der Waals surface area contributed by atoms with E-state index in [0.29, 0.717) is 0 Å². The minimum absolute atomic E-state index is 0.0462. The molecule has 0 amide bonds. The highest BCUT2D eigenvalue weighted by molar-refractivity contribution is 8.43. The summed E-state index contributed by atoms with van der Waals surface area (Å²) in [7, 11) is -3.39. The lowest BCUT2D eigenvalue weighted by atomic mass is 10.4. The van der Waals surface area contributed by atoms with Crippen molar-refractivity contribution in [3.8, 4) is 0 Å². The molecule has 0 aromatic rings. The normalized spacial score (nSPS) is 18.7. The highest BCUT2D eigenvalue weighted by atomic mass is 32.3. The summed E-state index contributed by atoms with van der Waals surface area (Å²) in [5.74, 6) is -1.42. The average molecular weight is 277 g/mol. The smallest absolute Gasteiger partial charge is 0.206 e. The van der Waals surface area contributed by atoms with Crippen LogP contribution in [0.2, 0.25) is 0 Å². The Morgan fingerprint density at radius 1 is 1.47 bits per heavy atom. The van der Waals surface area contributed by atoms with Crippen molar-refractivity contribution < 1.29 is 21.6 Å². The van der Waals surface area contributed by atoms with Gasteiger partial charge in [-0.2, -0.15) is 8.78 Å². The second-order valence-electron chi connectivity index (χ2n) is 2.47. The van der Waals surface area contributed by atoms with Crippen LogP contribution in [-0.4, -0.2) is 23.6 Å². The van der Waals surface area contributed by atoms with Crippen molar-refractivity contribution in [2.75, 3.05) is 10.8 Å². The van der Waals surface area contributed by atoms with Crippen LogP contribution in [0.1, 0.15) is 6.42 Å². The molecule has 9 heteroatoms. The third kappa shape index (κ3) is 4.47. The van der Waals surface area contributed by atoms with Crippen LogP contribution >= 0.6 is 23.5 Å². The number of hydrogen-bond acceptors (Lipinski definition) is 4. The second-order valence-corrected chi connectivity index (χ2v) is 6.77. The summed E-state index contributed by atoms with van der Waals surface area (Å²) in [6.45, 7) is 0. The lowest BCUT2D eigenvalue weighted by Gasteiger charge is -1.96. The summed E-state index contributed by atoms with van der Waals surface area (Å²) < 4.78 is 60.8. The van der Waals surface area contributed by atoms with E-state index in [4.69, 9.17) is 0 Å². The zero-order chi connectivity index (χ0) is 11.5. The Bertz CT molecular complexity index is 400. The molecule has 0 saturated carbocycles. The quantitative estimate of drug-likeness (QED) is 0.795. The fourth-order valence-electron chi connectivity index (χ4n) is 0.682. The molecule has 1 aliphatic rings. The Morgan fingerprint density at radius 3 is 2.60 bits per heavy atom. The molecule has 1 aliphatic heterocycles. The topological polar surface area (TPSA) is 46.5 Å². The van der Waals surface area contributed by atoms with Crippen LogP contribution < -0.4 is 0 Å². The second kappa shape index (κ2) is 5.26. The minimum Gasteiger partial charge on any atom is -0.206 e. The Kier molecular flexibility index (Phi) is 4.53. The predicted octanol–water partition coefficient (Wildman–Crippen LogP) is 2.58. The van der Waals surface area contributed by atoms with E-state index in [1.807, 2.05) is 0 Å². The summed E-state index contributed by atoms with van der Waals surface area (Å²) >= 11 is 1.97. The molecule has 0 spiro atoms. The zero-order valence-electron chi connectivity index (χ0n) is 7.24. The lowest BCUT2D eigenvalue weighted by molar-refractivity contribution is 0.373. The Labute approximate surface area is 93.3 Å². The Balaban J connectivity index is 2.38. The van der Waals surface area contributed by atoms with Crippen LogP contribution in [0.15, 0.2) is 16.3 Å². The van der Waals surface area contributed by atoms with E-state index < -0.39 is 28.4 Å². The number of nitrogens with zero attached hydrogens (tertiary/aromatic N) is 1. The van der Waals surface area contributed by atoms with E-state index in [1.165, 1.54) is 0 Å². The van der Waals surface area contributed by atoms with E-state index in [9.17, 15) is 21.6 Å². The van der Waals surface area contributed by atoms with Gasteiger partial charge in [-0.3, -0.25) is 0 Å². The van der Waals surface area contributed by atoms with Gasteiger partial charge in [-0.05, 0) is 0 Å². The van der Waals surface area contributed by atoms with Gasteiger partial charge in [0.1, 0.15) is 9.46 Å². The molecule has 0 N–H and O–H groups in total. The fraction of sp³-hybridized carbons (Fsp3) is 0.500. The first-order valence-electron chi connectivity index (χ1n) is 3.68. The molecule has 0 fully saturated rings. The van der Waals surface area contributed by atoms with Crippen molar-refractivity contribution in [3.63, 3.8) is 0 Å². The molecule has 0 aromatic heterocycles. The van der Waals surface area contributed by atoms with Gasteiger partial charge in [0, 0.05) is 12.2 Å². The van der Waals surface area contributed by atoms with Gasteiger partial charge < -0.3 is 0 Å². The van der Waals surface area contributed by atoms with E-state index >= 15 is 0 Å². The number of rotatable bonds is 3. The first kappa shape index (κ1) is 12.9. The van der Waals surface area contributed by atoms with Crippen LogP contribution in [0.5, 0.6) is 0 Å². The molecule has 0 bridgehead atoms. The van der Waals surface area contributed by atoms with Crippen LogP contribution in [-0.2, 0) is 10.0 Å². The molecule has 3 nitrogen and oxygen atoms in total. The van der Waals surface area contributed by atoms with E-state index in [2.05, 4.69) is 4.40 Å². The van der Waals surface area contributed by atoms with Crippen molar-refractivity contribution in [1.29, 1.82) is 0 Å². The monoisotopic (exact) mass is 277 g/mol. The minimum atomic E-state index is -3.39. The van der Waals surface area contributed by atoms with Crippen molar-refractivity contribution in [3.05, 3.63) is 11.9 Å². The lowest BCUT2D eigenvalue weighted by Crippen LogP contribution is -1.90. The molecule has 1 rings (SSSR count). The van der Waals surface area contributed by atoms with Crippen LogP contribution in [0.25, 0.3) is 0 Å². The zero-order valence-corrected chi connectivity index (χ0v) is 9.69. The van der Waals surface area contributed by atoms with E-state index in [1.54, 1.807) is 0 Å². The van der Waals surface area contributed by atoms with Crippen molar-refractivity contribution >= 4 is 37.9 Å². The Morgan fingerprint density at radius 2 is 2.13 bits per heavy atom. The number of allylic oxidation sites excluding steroid dienone is 1. The van der Waals surface area contributed by atoms with Crippen LogP contribution in [0.3, 0.4) is 0 Å². The summed E-state index contributed by atoms with van der Waals surface area (Å²) in [6.07, 6.45) is -2.75. The largest absolute Gasteiger partial charge is 0.301 e. The molecule has 0 unspecified atom stereocenters. The molecule has 0 atom stereocenters. The SMILES string of the molecule is O=S1(=O)CSC(SCCC(F)=C(F)F)=N1. The molecule has 1 heterocycles. The highest BCUT2D eigenvalue weighted by Crippen LogP contribution is 2.28. The van der Waals surface area contributed by atoms with E-state index in [-0.39, 0.29) is 15.2 Å². The number of hydrogen-bond donors (Lipinski definition) is 0. The van der Waals surface area contributed by atoms with Gasteiger partial charge >= 0.3 is 6.08 Å². The molecule has 0 saturated heterocycles. The number of halogens is 3. The summed E-state index contributed by atoms with van der Waals surface area (Å²) in [5.41, 5.74) is 0. The molecule has 86 valence electrons. The van der Waals surface area contributed by atoms with E-state index in [0.717, 1.165) is 23.5 Å². The highest BCUT2D eigenvalue weighted by Gasteiger charge is 2.21. The van der Waals surface area contributed by atoms with Gasteiger partial charge in [0.2, 0.25) is 0 Å². The number of sulfonamides is 1. The Hall–Kier alpha value is -0.150. The summed E-state index contributed by atoms with van der Waals surface area (Å²) in [5, 5.41) is -0.134. The van der Waals surface area contributed by atoms with Gasteiger partial charge in [-0.25, -0.2) is 12.8 Å². The first-order valence-corrected chi connectivity index (χ1v) is 7.26. The van der Waals surface area contributed by atoms with Gasteiger partial charge in [0.15, 0.2) is 5.83 Å². The maximum Gasteiger partial charge on any atom is 0.301 e. The number of thioether (sulfide) groups is 2. The molecular weight excluding hydrogens is 271 g/mol. The molecule has 0 aliphatic carbocycles. The van der Waals surface area contributed by atoms with Crippen molar-refractivity contribution in [2.24, 2.45) is 4.40 Å². The van der Waals surface area contributed by atoms with Gasteiger partial charge in [0.25, 0.3) is 10.0 Å². The maximum absolute atomic E-state index is 12.3. The first-order chi connectivity index (χ1) is 6.91. The van der Waals surface area contributed by atoms with Crippen molar-refractivity contribution in [1.82, 2.24) is 0 Å². The molecular formula is C6H6F3NO2S3. The third-order valence-electron chi connectivity index (χ3n) is 1.30. The van der Waals surface area contributed by atoms with Gasteiger partial charge in [0.05, 0.1) is 0 Å². The molecule has 0 radical (unpaired) electrons. The molecule has 0 aromatic carbocycles. The predicted molar refractivity (Wildman–Crippen MR) is 56.2 cm³/mol. The summed E-state index contributed by atoms with van der Waals surface area (Å²) in [6, 6.07) is 0. The standard InChI is InChI=1S/C6H6F3NO2S3/c7-4(5(8)9)1-2-13-6-10-15(11,12)3-14-6/h1-3H2. The fourth-order valence-corrected chi connectivity index (χ4v) is 4.69.